The zero-order valence-corrected chi connectivity index (χ0v) is 12.5. The van der Waals surface area contributed by atoms with Crippen LogP contribution >= 0.6 is 12.4 Å². The maximum absolute atomic E-state index is 12.4. The molecule has 0 spiro atoms. The summed E-state index contributed by atoms with van der Waals surface area (Å²) in [5.41, 5.74) is 2.12. The highest BCUT2D eigenvalue weighted by Crippen LogP contribution is 2.12. The predicted molar refractivity (Wildman–Crippen MR) is 81.1 cm³/mol. The first-order valence-corrected chi connectivity index (χ1v) is 6.83. The van der Waals surface area contributed by atoms with Crippen molar-refractivity contribution in [2.24, 2.45) is 0 Å². The summed E-state index contributed by atoms with van der Waals surface area (Å²) in [5.74, 6) is 0.159. The summed E-state index contributed by atoms with van der Waals surface area (Å²) >= 11 is 0. The maximum Gasteiger partial charge on any atom is 0.254 e. The lowest BCUT2D eigenvalue weighted by Gasteiger charge is -2.34. The third kappa shape index (κ3) is 3.95. The fourth-order valence-corrected chi connectivity index (χ4v) is 2.41. The lowest BCUT2D eigenvalue weighted by atomic mass is 10.1. The number of carbonyl (C=O) groups is 1. The maximum atomic E-state index is 12.4. The van der Waals surface area contributed by atoms with E-state index in [4.69, 9.17) is 0 Å². The van der Waals surface area contributed by atoms with Gasteiger partial charge in [-0.15, -0.1) is 12.4 Å². The quantitative estimate of drug-likeness (QED) is 0.924. The number of benzene rings is 1. The van der Waals surface area contributed by atoms with E-state index in [9.17, 15) is 4.79 Å². The Morgan fingerprint density at radius 2 is 2.05 bits per heavy atom. The first-order valence-electron chi connectivity index (χ1n) is 6.83. The van der Waals surface area contributed by atoms with Crippen LogP contribution in [0, 0.1) is 0 Å². The molecule has 1 aliphatic heterocycles. The normalized spacial score (nSPS) is 18.8. The minimum atomic E-state index is 0. The molecule has 0 radical (unpaired) electrons. The topological polar surface area (TPSA) is 32.3 Å². The van der Waals surface area contributed by atoms with Gasteiger partial charge in [-0.25, -0.2) is 0 Å². The van der Waals surface area contributed by atoms with Gasteiger partial charge in [0.2, 0.25) is 0 Å². The van der Waals surface area contributed by atoms with Gasteiger partial charge in [-0.1, -0.05) is 25.5 Å². The van der Waals surface area contributed by atoms with Crippen molar-refractivity contribution in [2.75, 3.05) is 19.6 Å². The lowest BCUT2D eigenvalue weighted by Crippen LogP contribution is -2.52. The molecule has 19 heavy (non-hydrogen) atoms. The number of halogens is 1. The van der Waals surface area contributed by atoms with Crippen LogP contribution in [0.1, 0.15) is 36.2 Å². The van der Waals surface area contributed by atoms with E-state index in [0.717, 1.165) is 38.0 Å². The number of nitrogens with zero attached hydrogens (tertiary/aromatic N) is 1. The minimum absolute atomic E-state index is 0. The monoisotopic (exact) mass is 282 g/mol. The second-order valence-corrected chi connectivity index (χ2v) is 5.00. The zero-order chi connectivity index (χ0) is 13.0. The smallest absolute Gasteiger partial charge is 0.254 e. The zero-order valence-electron chi connectivity index (χ0n) is 11.7. The van der Waals surface area contributed by atoms with Crippen molar-refractivity contribution in [3.8, 4) is 0 Å². The van der Waals surface area contributed by atoms with Gasteiger partial charge in [-0.3, -0.25) is 4.79 Å². The summed E-state index contributed by atoms with van der Waals surface area (Å²) in [4.78, 5) is 14.3. The van der Waals surface area contributed by atoms with Gasteiger partial charge < -0.3 is 10.2 Å². The third-order valence-electron chi connectivity index (χ3n) is 3.50. The van der Waals surface area contributed by atoms with E-state index in [-0.39, 0.29) is 24.4 Å². The number of nitrogens with one attached hydrogen (secondary N) is 1. The molecule has 0 aromatic heterocycles. The van der Waals surface area contributed by atoms with Crippen LogP contribution in [0.15, 0.2) is 24.3 Å². The van der Waals surface area contributed by atoms with Crippen LogP contribution in [-0.2, 0) is 6.42 Å². The van der Waals surface area contributed by atoms with Crippen LogP contribution in [0.2, 0.25) is 0 Å². The van der Waals surface area contributed by atoms with Gasteiger partial charge in [0.05, 0.1) is 0 Å². The molecule has 1 aromatic carbocycles. The number of aryl methyl sites for hydroxylation is 1. The molecule has 0 unspecified atom stereocenters. The van der Waals surface area contributed by atoms with Gasteiger partial charge in [-0.2, -0.15) is 0 Å². The van der Waals surface area contributed by atoms with Crippen LogP contribution < -0.4 is 5.32 Å². The van der Waals surface area contributed by atoms with Gasteiger partial charge in [0.15, 0.2) is 0 Å². The van der Waals surface area contributed by atoms with Crippen molar-refractivity contribution in [1.29, 1.82) is 0 Å². The fourth-order valence-electron chi connectivity index (χ4n) is 2.41. The highest BCUT2D eigenvalue weighted by molar-refractivity contribution is 5.94. The molecule has 1 aromatic rings. The number of carbonyl (C=O) groups excluding carboxylic acids is 1. The fraction of sp³-hybridized carbons (Fsp3) is 0.533. The predicted octanol–water partition coefficient (Wildman–Crippen LogP) is 2.49. The van der Waals surface area contributed by atoms with Crippen LogP contribution in [0.3, 0.4) is 0 Å². The largest absolute Gasteiger partial charge is 0.333 e. The molecule has 1 N–H and O–H groups in total. The molecule has 4 heteroatoms. The lowest BCUT2D eigenvalue weighted by molar-refractivity contribution is 0.0656. The Bertz CT molecular complexity index is 405. The van der Waals surface area contributed by atoms with Crippen molar-refractivity contribution in [2.45, 2.75) is 32.7 Å². The Balaban J connectivity index is 0.00000180. The molecule has 1 aliphatic rings. The summed E-state index contributed by atoms with van der Waals surface area (Å²) in [7, 11) is 0. The molecule has 1 saturated heterocycles. The van der Waals surface area contributed by atoms with Crippen molar-refractivity contribution < 1.29 is 4.79 Å². The summed E-state index contributed by atoms with van der Waals surface area (Å²) in [5, 5.41) is 3.30. The summed E-state index contributed by atoms with van der Waals surface area (Å²) in [6, 6.07) is 8.35. The first kappa shape index (κ1) is 16.0. The molecular formula is C15H23ClN2O. The molecule has 106 valence electrons. The molecule has 0 aliphatic carbocycles. The summed E-state index contributed by atoms with van der Waals surface area (Å²) in [6.45, 7) is 6.84. The number of hydrogen-bond acceptors (Lipinski definition) is 2. The van der Waals surface area contributed by atoms with Crippen LogP contribution in [-0.4, -0.2) is 36.5 Å². The van der Waals surface area contributed by atoms with E-state index in [1.807, 2.05) is 17.0 Å². The highest BCUT2D eigenvalue weighted by Gasteiger charge is 2.23. The van der Waals surface area contributed by atoms with Gasteiger partial charge in [0.25, 0.3) is 5.91 Å². The summed E-state index contributed by atoms with van der Waals surface area (Å²) < 4.78 is 0. The second kappa shape index (κ2) is 7.51. The van der Waals surface area contributed by atoms with Crippen LogP contribution in [0.4, 0.5) is 0 Å². The van der Waals surface area contributed by atoms with Crippen molar-refractivity contribution in [1.82, 2.24) is 10.2 Å². The molecule has 1 amide bonds. The highest BCUT2D eigenvalue weighted by atomic mass is 35.5. The minimum Gasteiger partial charge on any atom is -0.333 e. The number of amides is 1. The van der Waals surface area contributed by atoms with Gasteiger partial charge in [0, 0.05) is 31.2 Å². The Morgan fingerprint density at radius 3 is 2.63 bits per heavy atom. The Kier molecular flexibility index (Phi) is 6.32. The molecule has 1 fully saturated rings. The molecule has 0 saturated carbocycles. The van der Waals surface area contributed by atoms with E-state index >= 15 is 0 Å². The molecule has 0 bridgehead atoms. The molecule has 3 nitrogen and oxygen atoms in total. The summed E-state index contributed by atoms with van der Waals surface area (Å²) in [6.07, 6.45) is 2.22. The average Bonchev–Trinajstić information content (AvgIpc) is 2.40. The van der Waals surface area contributed by atoms with Crippen molar-refractivity contribution in [3.05, 3.63) is 35.4 Å². The Morgan fingerprint density at radius 1 is 1.37 bits per heavy atom. The van der Waals surface area contributed by atoms with E-state index in [2.05, 4.69) is 31.3 Å². The van der Waals surface area contributed by atoms with E-state index in [0.29, 0.717) is 0 Å². The van der Waals surface area contributed by atoms with Gasteiger partial charge in [0.1, 0.15) is 0 Å². The number of piperazine rings is 1. The molecule has 1 heterocycles. The second-order valence-electron chi connectivity index (χ2n) is 5.00. The van der Waals surface area contributed by atoms with E-state index in [1.54, 1.807) is 0 Å². The van der Waals surface area contributed by atoms with Crippen molar-refractivity contribution in [3.63, 3.8) is 0 Å². The SMILES string of the molecule is CCCc1ccc(C(=O)N2CCNC[C@H]2C)cc1.Cl. The molecule has 2 rings (SSSR count). The number of rotatable bonds is 3. The first-order chi connectivity index (χ1) is 8.72. The van der Waals surface area contributed by atoms with Crippen LogP contribution in [0.5, 0.6) is 0 Å². The van der Waals surface area contributed by atoms with E-state index in [1.165, 1.54) is 5.56 Å². The third-order valence-corrected chi connectivity index (χ3v) is 3.50. The van der Waals surface area contributed by atoms with Crippen molar-refractivity contribution >= 4 is 18.3 Å². The molecular weight excluding hydrogens is 260 g/mol. The van der Waals surface area contributed by atoms with E-state index < -0.39 is 0 Å². The Labute approximate surface area is 121 Å². The molecule has 1 atom stereocenters. The van der Waals surface area contributed by atoms with Gasteiger partial charge >= 0.3 is 0 Å². The standard InChI is InChI=1S/C15H22N2O.ClH/c1-3-4-13-5-7-14(8-6-13)15(18)17-10-9-16-11-12(17)2;/h5-8,12,16H,3-4,9-11H2,1-2H3;1H/t12-;/m1./s1. The average molecular weight is 283 g/mol. The Hall–Kier alpha value is -1.06. The number of hydrogen-bond donors (Lipinski definition) is 1. The van der Waals surface area contributed by atoms with Gasteiger partial charge in [-0.05, 0) is 31.0 Å². The van der Waals surface area contributed by atoms with Crippen LogP contribution in [0.25, 0.3) is 0 Å².